The van der Waals surface area contributed by atoms with Gasteiger partial charge in [0.15, 0.2) is 0 Å². The highest BCUT2D eigenvalue weighted by Gasteiger charge is 2.10. The largest absolute Gasteiger partial charge is 0.456 e. The molecule has 0 fully saturated rings. The highest BCUT2D eigenvalue weighted by molar-refractivity contribution is 6.05. The van der Waals surface area contributed by atoms with Gasteiger partial charge >= 0.3 is 0 Å². The number of furan rings is 1. The van der Waals surface area contributed by atoms with E-state index in [0.29, 0.717) is 5.41 Å². The van der Waals surface area contributed by atoms with E-state index in [-0.39, 0.29) is 0 Å². The molecule has 0 spiro atoms. The van der Waals surface area contributed by atoms with Crippen LogP contribution in [0.3, 0.4) is 0 Å². The normalized spacial score (nSPS) is 12.2. The number of anilines is 1. The summed E-state index contributed by atoms with van der Waals surface area (Å²) in [5, 5.41) is 5.87. The van der Waals surface area contributed by atoms with Crippen LogP contribution in [0, 0.1) is 5.41 Å². The van der Waals surface area contributed by atoms with Gasteiger partial charge in [-0.3, -0.25) is 0 Å². The van der Waals surface area contributed by atoms with Gasteiger partial charge in [0.1, 0.15) is 11.2 Å². The third-order valence-corrected chi connectivity index (χ3v) is 3.58. The Morgan fingerprint density at radius 3 is 2.50 bits per heavy atom. The van der Waals surface area contributed by atoms with Crippen LogP contribution in [-0.4, -0.2) is 6.54 Å². The zero-order valence-corrected chi connectivity index (χ0v) is 12.4. The quantitative estimate of drug-likeness (QED) is 0.684. The number of nitrogens with one attached hydrogen (secondary N) is 1. The summed E-state index contributed by atoms with van der Waals surface area (Å²) in [5.74, 6) is 0. The van der Waals surface area contributed by atoms with Crippen molar-refractivity contribution in [3.05, 3.63) is 42.5 Å². The Hall–Kier alpha value is -1.96. The molecule has 0 aliphatic heterocycles. The van der Waals surface area contributed by atoms with Crippen LogP contribution in [0.25, 0.3) is 21.9 Å². The first-order valence-corrected chi connectivity index (χ1v) is 7.18. The molecular formula is C18H21NO. The van der Waals surface area contributed by atoms with Crippen molar-refractivity contribution >= 4 is 27.6 Å². The SMILES string of the molecule is CC(C)(C)CCNc1ccc2oc3ccccc3c2c1. The lowest BCUT2D eigenvalue weighted by Crippen LogP contribution is -2.12. The van der Waals surface area contributed by atoms with E-state index >= 15 is 0 Å². The fourth-order valence-electron chi connectivity index (χ4n) is 2.42. The summed E-state index contributed by atoms with van der Waals surface area (Å²) in [7, 11) is 0. The van der Waals surface area contributed by atoms with Gasteiger partial charge in [-0.15, -0.1) is 0 Å². The van der Waals surface area contributed by atoms with Gasteiger partial charge in [-0.1, -0.05) is 39.0 Å². The van der Waals surface area contributed by atoms with Crippen LogP contribution < -0.4 is 5.32 Å². The van der Waals surface area contributed by atoms with Gasteiger partial charge in [0.25, 0.3) is 0 Å². The molecule has 20 heavy (non-hydrogen) atoms. The predicted octanol–water partition coefficient (Wildman–Crippen LogP) is 5.43. The number of hydrogen-bond acceptors (Lipinski definition) is 2. The summed E-state index contributed by atoms with van der Waals surface area (Å²) in [6, 6.07) is 14.5. The third kappa shape index (κ3) is 2.64. The molecule has 3 rings (SSSR count). The molecule has 0 aliphatic rings. The minimum Gasteiger partial charge on any atom is -0.456 e. The molecule has 0 radical (unpaired) electrons. The van der Waals surface area contributed by atoms with Gasteiger partial charge < -0.3 is 9.73 Å². The Morgan fingerprint density at radius 1 is 0.950 bits per heavy atom. The first kappa shape index (κ1) is 13.0. The molecule has 3 aromatic rings. The van der Waals surface area contributed by atoms with E-state index in [4.69, 9.17) is 4.42 Å². The van der Waals surface area contributed by atoms with E-state index in [2.05, 4.69) is 56.4 Å². The Morgan fingerprint density at radius 2 is 1.70 bits per heavy atom. The van der Waals surface area contributed by atoms with Gasteiger partial charge in [0.2, 0.25) is 0 Å². The van der Waals surface area contributed by atoms with Crippen molar-refractivity contribution in [1.82, 2.24) is 0 Å². The van der Waals surface area contributed by atoms with Crippen LogP contribution >= 0.6 is 0 Å². The summed E-state index contributed by atoms with van der Waals surface area (Å²) >= 11 is 0. The zero-order valence-electron chi connectivity index (χ0n) is 12.4. The fourth-order valence-corrected chi connectivity index (χ4v) is 2.42. The molecule has 0 saturated heterocycles. The summed E-state index contributed by atoms with van der Waals surface area (Å²) in [6.45, 7) is 7.79. The van der Waals surface area contributed by atoms with E-state index in [1.165, 1.54) is 10.8 Å². The van der Waals surface area contributed by atoms with Gasteiger partial charge in [0, 0.05) is 23.0 Å². The molecule has 2 heteroatoms. The lowest BCUT2D eigenvalue weighted by atomic mass is 9.92. The molecule has 0 atom stereocenters. The van der Waals surface area contributed by atoms with E-state index < -0.39 is 0 Å². The van der Waals surface area contributed by atoms with Crippen molar-refractivity contribution < 1.29 is 4.42 Å². The van der Waals surface area contributed by atoms with Crippen LogP contribution in [0.2, 0.25) is 0 Å². The second kappa shape index (κ2) is 4.86. The molecule has 1 aromatic heterocycles. The van der Waals surface area contributed by atoms with Crippen LogP contribution in [-0.2, 0) is 0 Å². The Bertz CT molecular complexity index is 734. The maximum absolute atomic E-state index is 5.84. The molecule has 0 unspecified atom stereocenters. The van der Waals surface area contributed by atoms with E-state index in [1.807, 2.05) is 12.1 Å². The highest BCUT2D eigenvalue weighted by atomic mass is 16.3. The maximum atomic E-state index is 5.84. The molecule has 2 nitrogen and oxygen atoms in total. The van der Waals surface area contributed by atoms with Gasteiger partial charge in [-0.25, -0.2) is 0 Å². The summed E-state index contributed by atoms with van der Waals surface area (Å²) in [5.41, 5.74) is 3.43. The van der Waals surface area contributed by atoms with Gasteiger partial charge in [-0.2, -0.15) is 0 Å². The molecule has 1 N–H and O–H groups in total. The van der Waals surface area contributed by atoms with Crippen molar-refractivity contribution in [2.75, 3.05) is 11.9 Å². The Labute approximate surface area is 119 Å². The van der Waals surface area contributed by atoms with Gasteiger partial charge in [-0.05, 0) is 36.1 Å². The number of fused-ring (bicyclic) bond motifs is 3. The number of hydrogen-bond donors (Lipinski definition) is 1. The van der Waals surface area contributed by atoms with Crippen molar-refractivity contribution in [1.29, 1.82) is 0 Å². The van der Waals surface area contributed by atoms with Crippen LogP contribution in [0.4, 0.5) is 5.69 Å². The molecule has 0 aliphatic carbocycles. The van der Waals surface area contributed by atoms with Crippen molar-refractivity contribution in [3.63, 3.8) is 0 Å². The Balaban J connectivity index is 1.88. The minimum absolute atomic E-state index is 0.361. The first-order valence-electron chi connectivity index (χ1n) is 7.18. The molecular weight excluding hydrogens is 246 g/mol. The highest BCUT2D eigenvalue weighted by Crippen LogP contribution is 2.30. The lowest BCUT2D eigenvalue weighted by molar-refractivity contribution is 0.390. The fraction of sp³-hybridized carbons (Fsp3) is 0.333. The number of para-hydroxylation sites is 1. The smallest absolute Gasteiger partial charge is 0.135 e. The number of benzene rings is 2. The molecule has 2 aromatic carbocycles. The summed E-state index contributed by atoms with van der Waals surface area (Å²) in [6.07, 6.45) is 1.15. The van der Waals surface area contributed by atoms with Crippen LogP contribution in [0.5, 0.6) is 0 Å². The topological polar surface area (TPSA) is 25.2 Å². The van der Waals surface area contributed by atoms with Crippen molar-refractivity contribution in [3.8, 4) is 0 Å². The van der Waals surface area contributed by atoms with Crippen molar-refractivity contribution in [2.24, 2.45) is 5.41 Å². The van der Waals surface area contributed by atoms with E-state index in [1.54, 1.807) is 0 Å². The van der Waals surface area contributed by atoms with E-state index in [0.717, 1.165) is 29.8 Å². The monoisotopic (exact) mass is 267 g/mol. The van der Waals surface area contributed by atoms with Gasteiger partial charge in [0.05, 0.1) is 0 Å². The average molecular weight is 267 g/mol. The second-order valence-electron chi connectivity index (χ2n) is 6.55. The Kier molecular flexibility index (Phi) is 3.17. The molecule has 104 valence electrons. The standard InChI is InChI=1S/C18H21NO/c1-18(2,3)10-11-19-13-8-9-17-15(12-13)14-6-4-5-7-16(14)20-17/h4-9,12,19H,10-11H2,1-3H3. The second-order valence-corrected chi connectivity index (χ2v) is 6.55. The lowest BCUT2D eigenvalue weighted by Gasteiger charge is -2.18. The predicted molar refractivity (Wildman–Crippen MR) is 86.3 cm³/mol. The molecule has 0 saturated carbocycles. The minimum atomic E-state index is 0.361. The summed E-state index contributed by atoms with van der Waals surface area (Å²) < 4.78 is 5.84. The summed E-state index contributed by atoms with van der Waals surface area (Å²) in [4.78, 5) is 0. The molecule has 1 heterocycles. The molecule has 0 amide bonds. The molecule has 0 bridgehead atoms. The third-order valence-electron chi connectivity index (χ3n) is 3.58. The average Bonchev–Trinajstić information content (AvgIpc) is 2.75. The first-order chi connectivity index (χ1) is 9.53. The van der Waals surface area contributed by atoms with Crippen LogP contribution in [0.15, 0.2) is 46.9 Å². The maximum Gasteiger partial charge on any atom is 0.135 e. The van der Waals surface area contributed by atoms with E-state index in [9.17, 15) is 0 Å². The number of rotatable bonds is 3. The zero-order chi connectivity index (χ0) is 14.2. The van der Waals surface area contributed by atoms with Crippen molar-refractivity contribution in [2.45, 2.75) is 27.2 Å². The van der Waals surface area contributed by atoms with Crippen LogP contribution in [0.1, 0.15) is 27.2 Å².